The van der Waals surface area contributed by atoms with E-state index in [1.165, 1.54) is 17.4 Å². The number of nitrogens with one attached hydrogen (secondary N) is 1. The van der Waals surface area contributed by atoms with E-state index in [0.717, 1.165) is 15.9 Å². The number of nitrogens with zero attached hydrogens (tertiary/aromatic N) is 2. The number of hydrogen-bond donors (Lipinski definition) is 1. The third-order valence-electron chi connectivity index (χ3n) is 2.61. The van der Waals surface area contributed by atoms with E-state index in [2.05, 4.69) is 15.3 Å². The van der Waals surface area contributed by atoms with Crippen molar-refractivity contribution in [3.8, 4) is 0 Å². The van der Waals surface area contributed by atoms with Gasteiger partial charge in [0.2, 0.25) is 0 Å². The molecule has 0 fully saturated rings. The molecule has 0 spiro atoms. The molecule has 0 aliphatic carbocycles. The molecule has 3 rings (SSSR count). The number of hydrogen-bond acceptors (Lipinski definition) is 4. The van der Waals surface area contributed by atoms with Crippen LogP contribution in [0.15, 0.2) is 36.5 Å². The van der Waals surface area contributed by atoms with Gasteiger partial charge in [-0.15, -0.1) is 0 Å². The molecule has 0 saturated carbocycles. The van der Waals surface area contributed by atoms with Gasteiger partial charge in [-0.2, -0.15) is 0 Å². The first kappa shape index (κ1) is 11.1. The minimum atomic E-state index is -0.290. The molecule has 2 heterocycles. The van der Waals surface area contributed by atoms with Crippen LogP contribution in [0.25, 0.3) is 10.3 Å². The number of aromatic nitrogens is 2. The number of rotatable bonds is 2. The zero-order chi connectivity index (χ0) is 12.5. The highest BCUT2D eigenvalue weighted by Crippen LogP contribution is 2.29. The molecule has 1 aromatic carbocycles. The van der Waals surface area contributed by atoms with E-state index in [0.29, 0.717) is 10.8 Å². The topological polar surface area (TPSA) is 37.8 Å². The Balaban J connectivity index is 2.01. The van der Waals surface area contributed by atoms with Gasteiger partial charge in [0, 0.05) is 6.20 Å². The molecule has 3 nitrogen and oxygen atoms in total. The first-order valence-corrected chi connectivity index (χ1v) is 6.29. The first-order chi connectivity index (χ1) is 8.74. The van der Waals surface area contributed by atoms with Gasteiger partial charge in [-0.05, 0) is 30.7 Å². The lowest BCUT2D eigenvalue weighted by Gasteiger charge is -2.02. The van der Waals surface area contributed by atoms with Gasteiger partial charge in [0.25, 0.3) is 0 Å². The van der Waals surface area contributed by atoms with Crippen molar-refractivity contribution in [2.24, 2.45) is 0 Å². The fourth-order valence-electron chi connectivity index (χ4n) is 1.68. The Bertz CT molecular complexity index is 708. The molecule has 0 amide bonds. The van der Waals surface area contributed by atoms with Crippen LogP contribution in [-0.2, 0) is 0 Å². The molecule has 1 N–H and O–H groups in total. The van der Waals surface area contributed by atoms with Gasteiger partial charge in [0.15, 0.2) is 5.13 Å². The molecule has 0 aliphatic heterocycles. The summed E-state index contributed by atoms with van der Waals surface area (Å²) in [7, 11) is 0. The second kappa shape index (κ2) is 4.34. The second-order valence-electron chi connectivity index (χ2n) is 3.91. The van der Waals surface area contributed by atoms with Crippen molar-refractivity contribution in [2.45, 2.75) is 6.92 Å². The first-order valence-electron chi connectivity index (χ1n) is 5.48. The summed E-state index contributed by atoms with van der Waals surface area (Å²) in [4.78, 5) is 9.53. The highest BCUT2D eigenvalue weighted by molar-refractivity contribution is 7.21. The van der Waals surface area contributed by atoms with E-state index < -0.39 is 0 Å². The normalized spacial score (nSPS) is 10.8. The summed E-state index contributed by atoms with van der Waals surface area (Å²) in [5.41, 5.74) is 2.35. The van der Waals surface area contributed by atoms with E-state index in [-0.39, 0.29) is 5.82 Å². The predicted octanol–water partition coefficient (Wildman–Crippen LogP) is 3.88. The van der Waals surface area contributed by atoms with Crippen LogP contribution < -0.4 is 5.32 Å². The molecule has 2 aromatic heterocycles. The summed E-state index contributed by atoms with van der Waals surface area (Å²) in [5.74, 6) is -0.290. The molecule has 3 aromatic rings. The molecule has 90 valence electrons. The summed E-state index contributed by atoms with van der Waals surface area (Å²) < 4.78 is 13.5. The van der Waals surface area contributed by atoms with Crippen LogP contribution in [0.2, 0.25) is 0 Å². The number of thiazole rings is 1. The third-order valence-corrected chi connectivity index (χ3v) is 3.49. The van der Waals surface area contributed by atoms with E-state index in [9.17, 15) is 4.39 Å². The molecule has 0 saturated heterocycles. The fourth-order valence-corrected chi connectivity index (χ4v) is 2.58. The van der Waals surface area contributed by atoms with Gasteiger partial charge < -0.3 is 5.32 Å². The molecule has 0 unspecified atom stereocenters. The van der Waals surface area contributed by atoms with Crippen LogP contribution in [0, 0.1) is 12.7 Å². The van der Waals surface area contributed by atoms with Crippen molar-refractivity contribution in [3.05, 3.63) is 47.9 Å². The average molecular weight is 259 g/mol. The van der Waals surface area contributed by atoms with Gasteiger partial charge >= 0.3 is 0 Å². The highest BCUT2D eigenvalue weighted by Gasteiger charge is 2.08. The smallest absolute Gasteiger partial charge is 0.189 e. The van der Waals surface area contributed by atoms with Crippen molar-refractivity contribution in [2.75, 3.05) is 5.32 Å². The zero-order valence-corrected chi connectivity index (χ0v) is 10.5. The van der Waals surface area contributed by atoms with E-state index >= 15 is 0 Å². The zero-order valence-electron chi connectivity index (χ0n) is 9.64. The maximum Gasteiger partial charge on any atom is 0.189 e. The lowest BCUT2D eigenvalue weighted by Crippen LogP contribution is -1.92. The summed E-state index contributed by atoms with van der Waals surface area (Å²) in [6.07, 6.45) is 1.75. The molecular weight excluding hydrogens is 249 g/mol. The number of anilines is 2. The quantitative estimate of drug-likeness (QED) is 0.758. The molecule has 0 radical (unpaired) electrons. The van der Waals surface area contributed by atoms with Gasteiger partial charge in [-0.3, -0.25) is 0 Å². The Hall–Kier alpha value is -2.01. The van der Waals surface area contributed by atoms with E-state index in [1.807, 2.05) is 13.0 Å². The number of para-hydroxylation sites is 1. The minimum absolute atomic E-state index is 0.290. The number of fused-ring (bicyclic) bond motifs is 1. The molecule has 5 heteroatoms. The lowest BCUT2D eigenvalue weighted by atomic mass is 10.3. The van der Waals surface area contributed by atoms with Gasteiger partial charge in [0.05, 0.1) is 5.69 Å². The number of aryl methyl sites for hydroxylation is 1. The van der Waals surface area contributed by atoms with Crippen LogP contribution >= 0.6 is 11.3 Å². The van der Waals surface area contributed by atoms with E-state index in [4.69, 9.17) is 0 Å². The van der Waals surface area contributed by atoms with Crippen molar-refractivity contribution >= 4 is 32.5 Å². The van der Waals surface area contributed by atoms with Gasteiger partial charge in [-0.25, -0.2) is 14.4 Å². The van der Waals surface area contributed by atoms with Crippen molar-refractivity contribution in [1.82, 2.24) is 9.97 Å². The largest absolute Gasteiger partial charge is 0.329 e. The number of halogens is 1. The fraction of sp³-hybridized carbons (Fsp3) is 0.0769. The second-order valence-corrected chi connectivity index (χ2v) is 4.88. The summed E-state index contributed by atoms with van der Waals surface area (Å²) in [5, 5.41) is 3.63. The monoisotopic (exact) mass is 259 g/mol. The maximum absolute atomic E-state index is 13.5. The van der Waals surface area contributed by atoms with Crippen molar-refractivity contribution in [1.29, 1.82) is 0 Å². The highest BCUT2D eigenvalue weighted by atomic mass is 32.1. The van der Waals surface area contributed by atoms with Crippen LogP contribution in [0.4, 0.5) is 15.2 Å². The van der Waals surface area contributed by atoms with Crippen molar-refractivity contribution < 1.29 is 4.39 Å². The summed E-state index contributed by atoms with van der Waals surface area (Å²) >= 11 is 1.41. The SMILES string of the molecule is Cc1ccnc2sc(Nc3ccccc3F)nc12. The Kier molecular flexibility index (Phi) is 2.68. The molecule has 18 heavy (non-hydrogen) atoms. The number of benzene rings is 1. The van der Waals surface area contributed by atoms with Gasteiger partial charge in [-0.1, -0.05) is 23.5 Å². The average Bonchev–Trinajstić information content (AvgIpc) is 2.76. The van der Waals surface area contributed by atoms with Crippen molar-refractivity contribution in [3.63, 3.8) is 0 Å². The van der Waals surface area contributed by atoms with Crippen LogP contribution in [0.1, 0.15) is 5.56 Å². The Morgan fingerprint density at radius 3 is 2.83 bits per heavy atom. The van der Waals surface area contributed by atoms with E-state index in [1.54, 1.807) is 24.4 Å². The number of pyridine rings is 1. The van der Waals surface area contributed by atoms with Gasteiger partial charge in [0.1, 0.15) is 16.2 Å². The third kappa shape index (κ3) is 1.93. The maximum atomic E-state index is 13.5. The molecule has 0 atom stereocenters. The molecule has 0 aliphatic rings. The predicted molar refractivity (Wildman–Crippen MR) is 71.8 cm³/mol. The standard InChI is InChI=1S/C13H10FN3S/c1-8-6-7-15-12-11(8)17-13(18-12)16-10-5-3-2-4-9(10)14/h2-7H,1H3,(H,16,17). The summed E-state index contributed by atoms with van der Waals surface area (Å²) in [6, 6.07) is 8.45. The lowest BCUT2D eigenvalue weighted by molar-refractivity contribution is 0.632. The Morgan fingerprint density at radius 2 is 2.06 bits per heavy atom. The van der Waals surface area contributed by atoms with Crippen LogP contribution in [-0.4, -0.2) is 9.97 Å². The molecular formula is C13H10FN3S. The molecule has 0 bridgehead atoms. The summed E-state index contributed by atoms with van der Waals surface area (Å²) in [6.45, 7) is 1.98. The Morgan fingerprint density at radius 1 is 1.22 bits per heavy atom. The minimum Gasteiger partial charge on any atom is -0.329 e. The van der Waals surface area contributed by atoms with Crippen LogP contribution in [0.5, 0.6) is 0 Å². The Labute approximate surface area is 107 Å². The van der Waals surface area contributed by atoms with Crippen LogP contribution in [0.3, 0.4) is 0 Å².